The molecule has 0 aliphatic rings. The van der Waals surface area contributed by atoms with Gasteiger partial charge in [-0.15, -0.1) is 11.3 Å². The van der Waals surface area contributed by atoms with Gasteiger partial charge in [0.25, 0.3) is 5.91 Å². The fourth-order valence-electron chi connectivity index (χ4n) is 1.76. The maximum atomic E-state index is 12.0. The Balaban J connectivity index is 1.94. The van der Waals surface area contributed by atoms with Gasteiger partial charge in [0.05, 0.1) is 12.1 Å². The molecule has 106 valence electrons. The van der Waals surface area contributed by atoms with E-state index in [0.717, 1.165) is 12.2 Å². The molecule has 0 bridgehead atoms. The number of rotatable bonds is 5. The van der Waals surface area contributed by atoms with E-state index in [0.29, 0.717) is 12.1 Å². The average Bonchev–Trinajstić information content (AvgIpc) is 2.93. The molecule has 0 spiro atoms. The molecular formula is C15H19N3OS. The molecule has 2 rings (SSSR count). The van der Waals surface area contributed by atoms with Crippen LogP contribution in [0.5, 0.6) is 0 Å². The van der Waals surface area contributed by atoms with Gasteiger partial charge in [-0.1, -0.05) is 6.92 Å². The van der Waals surface area contributed by atoms with Gasteiger partial charge in [0.15, 0.2) is 0 Å². The lowest BCUT2D eigenvalue weighted by atomic mass is 10.2. The summed E-state index contributed by atoms with van der Waals surface area (Å²) in [5.74, 6) is 0.752. The SMILES string of the molecule is CCc1ccc(CNC(=O)c2ccc(N(C)C)nc2)s1. The summed E-state index contributed by atoms with van der Waals surface area (Å²) < 4.78 is 0. The molecule has 1 amide bonds. The van der Waals surface area contributed by atoms with Crippen LogP contribution in [0.3, 0.4) is 0 Å². The topological polar surface area (TPSA) is 45.2 Å². The van der Waals surface area contributed by atoms with Crippen molar-refractivity contribution in [2.24, 2.45) is 0 Å². The van der Waals surface area contributed by atoms with Crippen molar-refractivity contribution in [2.45, 2.75) is 19.9 Å². The van der Waals surface area contributed by atoms with Crippen LogP contribution in [0.25, 0.3) is 0 Å². The van der Waals surface area contributed by atoms with Crippen LogP contribution in [0.1, 0.15) is 27.0 Å². The van der Waals surface area contributed by atoms with E-state index in [9.17, 15) is 4.79 Å². The Morgan fingerprint density at radius 3 is 2.55 bits per heavy atom. The fraction of sp³-hybridized carbons (Fsp3) is 0.333. The molecule has 2 aromatic rings. The van der Waals surface area contributed by atoms with E-state index in [1.807, 2.05) is 25.1 Å². The molecule has 0 unspecified atom stereocenters. The van der Waals surface area contributed by atoms with Crippen molar-refractivity contribution >= 4 is 23.1 Å². The van der Waals surface area contributed by atoms with E-state index in [1.54, 1.807) is 23.6 Å². The normalized spacial score (nSPS) is 10.3. The maximum Gasteiger partial charge on any atom is 0.253 e. The summed E-state index contributed by atoms with van der Waals surface area (Å²) in [4.78, 5) is 20.7. The Morgan fingerprint density at radius 1 is 1.25 bits per heavy atom. The number of hydrogen-bond donors (Lipinski definition) is 1. The van der Waals surface area contributed by atoms with Crippen LogP contribution >= 0.6 is 11.3 Å². The Bertz CT molecular complexity index is 575. The van der Waals surface area contributed by atoms with Crippen LogP contribution in [0.4, 0.5) is 5.82 Å². The Labute approximate surface area is 123 Å². The zero-order valence-electron chi connectivity index (χ0n) is 12.0. The first-order valence-electron chi connectivity index (χ1n) is 6.59. The summed E-state index contributed by atoms with van der Waals surface area (Å²) in [6, 6.07) is 7.82. The molecule has 0 saturated heterocycles. The van der Waals surface area contributed by atoms with Crippen molar-refractivity contribution in [2.75, 3.05) is 19.0 Å². The van der Waals surface area contributed by atoms with E-state index in [2.05, 4.69) is 29.4 Å². The van der Waals surface area contributed by atoms with Crippen LogP contribution < -0.4 is 10.2 Å². The summed E-state index contributed by atoms with van der Waals surface area (Å²) in [5, 5.41) is 2.92. The van der Waals surface area contributed by atoms with Crippen LogP contribution in [0.15, 0.2) is 30.5 Å². The number of pyridine rings is 1. The molecule has 4 nitrogen and oxygen atoms in total. The molecule has 0 saturated carbocycles. The predicted molar refractivity (Wildman–Crippen MR) is 83.4 cm³/mol. The second-order valence-electron chi connectivity index (χ2n) is 4.70. The van der Waals surface area contributed by atoms with Gasteiger partial charge in [0, 0.05) is 30.0 Å². The maximum absolute atomic E-state index is 12.0. The van der Waals surface area contributed by atoms with Crippen molar-refractivity contribution in [3.63, 3.8) is 0 Å². The number of anilines is 1. The zero-order chi connectivity index (χ0) is 14.5. The standard InChI is InChI=1S/C15H19N3OS/c1-4-12-6-7-13(20-12)10-17-15(19)11-5-8-14(16-9-11)18(2)3/h5-9H,4,10H2,1-3H3,(H,17,19). The van der Waals surface area contributed by atoms with Gasteiger partial charge in [0.1, 0.15) is 5.82 Å². The summed E-state index contributed by atoms with van der Waals surface area (Å²) in [7, 11) is 3.84. The van der Waals surface area contributed by atoms with Crippen LogP contribution in [-0.4, -0.2) is 25.0 Å². The first-order valence-corrected chi connectivity index (χ1v) is 7.41. The quantitative estimate of drug-likeness (QED) is 0.920. The highest BCUT2D eigenvalue weighted by Gasteiger charge is 2.07. The van der Waals surface area contributed by atoms with Gasteiger partial charge in [-0.25, -0.2) is 4.98 Å². The minimum absolute atomic E-state index is 0.0887. The molecule has 0 aliphatic heterocycles. The number of carbonyl (C=O) groups excluding carboxylic acids is 1. The first kappa shape index (κ1) is 14.5. The molecule has 1 N–H and O–H groups in total. The van der Waals surface area contributed by atoms with Crippen molar-refractivity contribution in [3.8, 4) is 0 Å². The third kappa shape index (κ3) is 3.57. The highest BCUT2D eigenvalue weighted by Crippen LogP contribution is 2.16. The number of aryl methyl sites for hydroxylation is 1. The second-order valence-corrected chi connectivity index (χ2v) is 5.96. The zero-order valence-corrected chi connectivity index (χ0v) is 12.8. The number of aromatic nitrogens is 1. The highest BCUT2D eigenvalue weighted by atomic mass is 32.1. The van der Waals surface area contributed by atoms with Gasteiger partial charge >= 0.3 is 0 Å². The largest absolute Gasteiger partial charge is 0.363 e. The number of carbonyl (C=O) groups is 1. The summed E-state index contributed by atoms with van der Waals surface area (Å²) in [5.41, 5.74) is 0.586. The number of amides is 1. The van der Waals surface area contributed by atoms with E-state index >= 15 is 0 Å². The summed E-state index contributed by atoms with van der Waals surface area (Å²) >= 11 is 1.74. The van der Waals surface area contributed by atoms with Crippen LogP contribution in [-0.2, 0) is 13.0 Å². The van der Waals surface area contributed by atoms with Crippen molar-refractivity contribution in [1.29, 1.82) is 0 Å². The fourth-order valence-corrected chi connectivity index (χ4v) is 2.66. The molecule has 0 aromatic carbocycles. The minimum Gasteiger partial charge on any atom is -0.363 e. The molecule has 5 heteroatoms. The van der Waals surface area contributed by atoms with Gasteiger partial charge < -0.3 is 10.2 Å². The van der Waals surface area contributed by atoms with E-state index in [4.69, 9.17) is 0 Å². The lowest BCUT2D eigenvalue weighted by Crippen LogP contribution is -2.22. The molecule has 20 heavy (non-hydrogen) atoms. The third-order valence-corrected chi connectivity index (χ3v) is 4.19. The Morgan fingerprint density at radius 2 is 2.00 bits per heavy atom. The van der Waals surface area contributed by atoms with E-state index in [1.165, 1.54) is 9.75 Å². The van der Waals surface area contributed by atoms with Crippen LogP contribution in [0, 0.1) is 0 Å². The van der Waals surface area contributed by atoms with Gasteiger partial charge in [0.2, 0.25) is 0 Å². The molecule has 0 aliphatic carbocycles. The van der Waals surface area contributed by atoms with Gasteiger partial charge in [-0.05, 0) is 30.7 Å². The number of nitrogens with one attached hydrogen (secondary N) is 1. The lowest BCUT2D eigenvalue weighted by molar-refractivity contribution is 0.0951. The summed E-state index contributed by atoms with van der Waals surface area (Å²) in [6.07, 6.45) is 2.64. The third-order valence-electron chi connectivity index (χ3n) is 2.96. The van der Waals surface area contributed by atoms with Gasteiger partial charge in [-0.2, -0.15) is 0 Å². The molecule has 0 radical (unpaired) electrons. The van der Waals surface area contributed by atoms with Crippen LogP contribution in [0.2, 0.25) is 0 Å². The second kappa shape index (κ2) is 6.52. The molecule has 2 heterocycles. The molecule has 2 aromatic heterocycles. The average molecular weight is 289 g/mol. The molecule has 0 atom stereocenters. The van der Waals surface area contributed by atoms with Crippen molar-refractivity contribution in [3.05, 3.63) is 45.8 Å². The predicted octanol–water partition coefficient (Wildman–Crippen LogP) is 2.70. The van der Waals surface area contributed by atoms with Crippen molar-refractivity contribution < 1.29 is 4.79 Å². The Kier molecular flexibility index (Phi) is 4.74. The molecule has 0 fully saturated rings. The van der Waals surface area contributed by atoms with Gasteiger partial charge in [-0.3, -0.25) is 4.79 Å². The smallest absolute Gasteiger partial charge is 0.253 e. The monoisotopic (exact) mass is 289 g/mol. The molecular weight excluding hydrogens is 270 g/mol. The van der Waals surface area contributed by atoms with E-state index in [-0.39, 0.29) is 5.91 Å². The lowest BCUT2D eigenvalue weighted by Gasteiger charge is -2.11. The number of thiophene rings is 1. The Hall–Kier alpha value is -1.88. The number of hydrogen-bond acceptors (Lipinski definition) is 4. The highest BCUT2D eigenvalue weighted by molar-refractivity contribution is 7.11. The summed E-state index contributed by atoms with van der Waals surface area (Å²) in [6.45, 7) is 2.70. The van der Waals surface area contributed by atoms with Crippen molar-refractivity contribution in [1.82, 2.24) is 10.3 Å². The van der Waals surface area contributed by atoms with E-state index < -0.39 is 0 Å². The number of nitrogens with zero attached hydrogens (tertiary/aromatic N) is 2. The minimum atomic E-state index is -0.0887. The first-order chi connectivity index (χ1) is 9.60.